The molecule has 0 aliphatic heterocycles. The second-order valence-corrected chi connectivity index (χ2v) is 8.06. The molecule has 0 radical (unpaired) electrons. The topological polar surface area (TPSA) is 87.2 Å². The van der Waals surface area contributed by atoms with Gasteiger partial charge in [-0.2, -0.15) is 0 Å². The molecule has 4 rings (SSSR count). The van der Waals surface area contributed by atoms with Crippen LogP contribution in [0, 0.1) is 13.0 Å². The Morgan fingerprint density at radius 2 is 1.76 bits per heavy atom. The van der Waals surface area contributed by atoms with Crippen molar-refractivity contribution in [2.24, 2.45) is 0 Å². The monoisotopic (exact) mass is 452 g/mol. The summed E-state index contributed by atoms with van der Waals surface area (Å²) in [6.07, 6.45) is 9.88. The largest absolute Gasteiger partial charge is 0.339 e. The highest BCUT2D eigenvalue weighted by atomic mass is 16.2. The molecule has 1 aliphatic rings. The molecule has 3 aromatic rings. The maximum atomic E-state index is 12.9. The molecule has 1 aromatic carbocycles. The third kappa shape index (κ3) is 5.52. The molecule has 7 nitrogen and oxygen atoms in total. The van der Waals surface area contributed by atoms with Gasteiger partial charge in [0.2, 0.25) is 0 Å². The maximum Gasteiger partial charge on any atom is 0.317 e. The van der Waals surface area contributed by atoms with Crippen LogP contribution < -0.4 is 10.6 Å². The number of amides is 3. The van der Waals surface area contributed by atoms with Crippen LogP contribution in [0.4, 0.5) is 4.79 Å². The smallest absolute Gasteiger partial charge is 0.317 e. The molecule has 170 valence electrons. The fourth-order valence-corrected chi connectivity index (χ4v) is 3.49. The number of nitrogens with one attached hydrogen (secondary N) is 2. The second-order valence-electron chi connectivity index (χ2n) is 8.06. The van der Waals surface area contributed by atoms with E-state index in [1.54, 1.807) is 30.4 Å². The van der Waals surface area contributed by atoms with Gasteiger partial charge in [0.1, 0.15) is 17.7 Å². The predicted molar refractivity (Wildman–Crippen MR) is 132 cm³/mol. The van der Waals surface area contributed by atoms with Gasteiger partial charge in [0.25, 0.3) is 0 Å². The Kier molecular flexibility index (Phi) is 7.06. The summed E-state index contributed by atoms with van der Waals surface area (Å²) in [5, 5.41) is 5.77. The number of rotatable bonds is 7. The van der Waals surface area contributed by atoms with Gasteiger partial charge in [0.15, 0.2) is 11.3 Å². The van der Waals surface area contributed by atoms with Crippen molar-refractivity contribution in [3.63, 3.8) is 0 Å². The molecule has 1 aliphatic carbocycles. The number of carbonyl (C=O) groups is 2. The molecule has 0 saturated heterocycles. The van der Waals surface area contributed by atoms with Gasteiger partial charge in [-0.1, -0.05) is 29.8 Å². The average molecular weight is 453 g/mol. The zero-order chi connectivity index (χ0) is 23.9. The molecule has 0 spiro atoms. The molecule has 0 unspecified atom stereocenters. The molecule has 0 atom stereocenters. The van der Waals surface area contributed by atoms with E-state index >= 15 is 0 Å². The lowest BCUT2D eigenvalue weighted by Gasteiger charge is -2.18. The lowest BCUT2D eigenvalue weighted by molar-refractivity contribution is -0.115. The van der Waals surface area contributed by atoms with Crippen LogP contribution in [-0.4, -0.2) is 46.9 Å². The van der Waals surface area contributed by atoms with Crippen molar-refractivity contribution in [3.8, 4) is 11.3 Å². The molecule has 0 fully saturated rings. The average Bonchev–Trinajstić information content (AvgIpc) is 2.87. The van der Waals surface area contributed by atoms with Gasteiger partial charge in [-0.15, -0.1) is 0 Å². The van der Waals surface area contributed by atoms with E-state index in [0.717, 1.165) is 22.4 Å². The minimum Gasteiger partial charge on any atom is -0.339 e. The van der Waals surface area contributed by atoms with E-state index in [1.165, 1.54) is 5.56 Å². The lowest BCUT2D eigenvalue weighted by Crippen LogP contribution is -2.41. The number of pyridine rings is 2. The SMILES string of the molecule is Cc1ccc(CNC(=O)N(C)CCNC(=O)C2=C[C+]=Cc3ccc(-c4ccncc4)nc32)cc1. The fraction of sp³-hybridized carbons (Fsp3) is 0.185. The standard InChI is InChI=1S/C27H25N5O2/c1-19-6-8-20(9-7-19)18-30-27(34)32(2)17-16-29-26(33)23-5-3-4-22-10-11-24(31-25(22)23)21-12-14-28-15-13-21/h4-15H,16-18H2,1-2H3,(H-,29,30,33,34)/p+1. The van der Waals surface area contributed by atoms with Gasteiger partial charge >= 0.3 is 11.9 Å². The molecule has 2 aromatic heterocycles. The molecule has 34 heavy (non-hydrogen) atoms. The fourth-order valence-electron chi connectivity index (χ4n) is 3.49. The number of likely N-dealkylation sites (N-methyl/N-ethyl adjacent to an activating group) is 1. The number of aromatic nitrogens is 2. The second kappa shape index (κ2) is 10.5. The summed E-state index contributed by atoms with van der Waals surface area (Å²) in [5.41, 5.74) is 5.78. The first-order valence-corrected chi connectivity index (χ1v) is 11.1. The first kappa shape index (κ1) is 22.8. The molecule has 0 saturated carbocycles. The highest BCUT2D eigenvalue weighted by Gasteiger charge is 2.27. The zero-order valence-electron chi connectivity index (χ0n) is 19.2. The minimum absolute atomic E-state index is 0.197. The Morgan fingerprint density at radius 3 is 2.53 bits per heavy atom. The Bertz CT molecular complexity index is 1230. The Morgan fingerprint density at radius 1 is 1.00 bits per heavy atom. The number of benzene rings is 1. The maximum absolute atomic E-state index is 12.9. The highest BCUT2D eigenvalue weighted by Crippen LogP contribution is 2.26. The van der Waals surface area contributed by atoms with E-state index in [1.807, 2.05) is 61.5 Å². The Balaban J connectivity index is 1.32. The normalized spacial score (nSPS) is 11.6. The van der Waals surface area contributed by atoms with Gasteiger partial charge < -0.3 is 15.5 Å². The van der Waals surface area contributed by atoms with E-state index in [0.29, 0.717) is 30.9 Å². The number of hydrogen-bond acceptors (Lipinski definition) is 4. The third-order valence-electron chi connectivity index (χ3n) is 5.51. The lowest BCUT2D eigenvalue weighted by atomic mass is 9.98. The Hall–Kier alpha value is -4.35. The van der Waals surface area contributed by atoms with Crippen LogP contribution in [0.15, 0.2) is 67.0 Å². The summed E-state index contributed by atoms with van der Waals surface area (Å²) in [6, 6.07) is 15.4. The number of aryl methyl sites for hydroxylation is 1. The molecule has 2 N–H and O–H groups in total. The van der Waals surface area contributed by atoms with Crippen LogP contribution in [0.2, 0.25) is 0 Å². The summed E-state index contributed by atoms with van der Waals surface area (Å²) in [4.78, 5) is 35.6. The van der Waals surface area contributed by atoms with Crippen LogP contribution >= 0.6 is 0 Å². The first-order valence-electron chi connectivity index (χ1n) is 11.1. The summed E-state index contributed by atoms with van der Waals surface area (Å²) in [6.45, 7) is 3.16. The summed E-state index contributed by atoms with van der Waals surface area (Å²) in [5.74, 6) is -0.255. The third-order valence-corrected chi connectivity index (χ3v) is 5.51. The van der Waals surface area contributed by atoms with E-state index < -0.39 is 0 Å². The van der Waals surface area contributed by atoms with Crippen LogP contribution in [-0.2, 0) is 11.3 Å². The van der Waals surface area contributed by atoms with Gasteiger partial charge in [0.05, 0.1) is 5.69 Å². The quantitative estimate of drug-likeness (QED) is 0.536. The minimum atomic E-state index is -0.255. The number of nitrogens with zero attached hydrogens (tertiary/aromatic N) is 3. The number of hydrogen-bond donors (Lipinski definition) is 2. The van der Waals surface area contributed by atoms with Crippen molar-refractivity contribution in [2.75, 3.05) is 20.1 Å². The van der Waals surface area contributed by atoms with Crippen molar-refractivity contribution < 1.29 is 9.59 Å². The van der Waals surface area contributed by atoms with Crippen molar-refractivity contribution in [2.45, 2.75) is 13.5 Å². The Labute approximate surface area is 199 Å². The van der Waals surface area contributed by atoms with Crippen LogP contribution in [0.5, 0.6) is 0 Å². The number of urea groups is 1. The van der Waals surface area contributed by atoms with E-state index in [9.17, 15) is 9.59 Å². The van der Waals surface area contributed by atoms with Gasteiger partial charge in [-0.05, 0) is 30.7 Å². The van der Waals surface area contributed by atoms with Gasteiger partial charge in [0, 0.05) is 56.8 Å². The predicted octanol–water partition coefficient (Wildman–Crippen LogP) is 3.62. The van der Waals surface area contributed by atoms with Crippen molar-refractivity contribution in [3.05, 3.63) is 95.5 Å². The van der Waals surface area contributed by atoms with Gasteiger partial charge in [-0.25, -0.2) is 9.78 Å². The number of allylic oxidation sites excluding steroid dienone is 2. The van der Waals surface area contributed by atoms with Crippen molar-refractivity contribution in [1.82, 2.24) is 25.5 Å². The molecule has 3 amide bonds. The van der Waals surface area contributed by atoms with Crippen LogP contribution in [0.1, 0.15) is 22.4 Å². The van der Waals surface area contributed by atoms with Crippen molar-refractivity contribution >= 4 is 23.6 Å². The van der Waals surface area contributed by atoms with Crippen molar-refractivity contribution in [1.29, 1.82) is 0 Å². The van der Waals surface area contributed by atoms with Crippen LogP contribution in [0.3, 0.4) is 0 Å². The summed E-state index contributed by atoms with van der Waals surface area (Å²) >= 11 is 0. The summed E-state index contributed by atoms with van der Waals surface area (Å²) < 4.78 is 0. The molecule has 2 heterocycles. The summed E-state index contributed by atoms with van der Waals surface area (Å²) in [7, 11) is 1.70. The molecule has 7 heteroatoms. The zero-order valence-corrected chi connectivity index (χ0v) is 19.2. The van der Waals surface area contributed by atoms with Gasteiger partial charge in [-0.3, -0.25) is 9.78 Å². The van der Waals surface area contributed by atoms with E-state index in [2.05, 4.69) is 21.7 Å². The molecule has 0 bridgehead atoms. The van der Waals surface area contributed by atoms with Crippen LogP contribution in [0.25, 0.3) is 22.9 Å². The molecular weight excluding hydrogens is 426 g/mol. The van der Waals surface area contributed by atoms with E-state index in [4.69, 9.17) is 4.98 Å². The highest BCUT2D eigenvalue weighted by molar-refractivity contribution is 6.20. The molecular formula is C27H26N5O2+. The van der Waals surface area contributed by atoms with E-state index in [-0.39, 0.29) is 11.9 Å². The first-order chi connectivity index (χ1) is 16.5. The number of carbonyl (C=O) groups excluding carboxylic acids is 2. The number of fused-ring (bicyclic) bond motifs is 1.